The number of hydrazone groups is 5. The predicted molar refractivity (Wildman–Crippen MR) is 383 cm³/mol. The molecule has 0 radical (unpaired) electrons. The smallest absolute Gasteiger partial charge is 0.282 e. The number of aryl methyl sites for hydroxylation is 2. The monoisotopic (exact) mass is 1340 g/mol. The topological polar surface area (TPSA) is 219 Å². The van der Waals surface area contributed by atoms with Gasteiger partial charge in [-0.2, -0.15) is 25.5 Å². The first-order valence-corrected chi connectivity index (χ1v) is 32.0. The van der Waals surface area contributed by atoms with Crippen molar-refractivity contribution in [1.82, 2.24) is 81.5 Å². The first-order valence-electron chi connectivity index (χ1n) is 29.9. The molecule has 11 heterocycles. The normalized spacial score (nSPS) is 15.9. The third-order valence-corrected chi connectivity index (χ3v) is 16.2. The van der Waals surface area contributed by atoms with Crippen molar-refractivity contribution in [1.29, 1.82) is 0 Å². The molecule has 6 aromatic rings. The van der Waals surface area contributed by atoms with Crippen LogP contribution in [0.1, 0.15) is 93.6 Å². The molecule has 0 saturated carbocycles. The van der Waals surface area contributed by atoms with E-state index in [9.17, 15) is 8.78 Å². The van der Waals surface area contributed by atoms with Crippen molar-refractivity contribution in [2.75, 3.05) is 83.4 Å². The zero-order valence-electron chi connectivity index (χ0n) is 52.7. The van der Waals surface area contributed by atoms with Crippen LogP contribution in [-0.4, -0.2) is 193 Å². The molecule has 0 bridgehead atoms. The predicted octanol–water partition coefficient (Wildman–Crippen LogP) is 8.30. The number of anilines is 1. The molecule has 0 unspecified atom stereocenters. The van der Waals surface area contributed by atoms with E-state index < -0.39 is 5.92 Å². The summed E-state index contributed by atoms with van der Waals surface area (Å²) in [4.78, 5) is 37.7. The minimum Gasteiger partial charge on any atom is -0.353 e. The Morgan fingerprint density at radius 1 is 0.391 bits per heavy atom. The lowest BCUT2D eigenvalue weighted by atomic mass is 10.1. The number of halogens is 2. The van der Waals surface area contributed by atoms with Crippen molar-refractivity contribution in [3.63, 3.8) is 0 Å². The Hall–Kier alpha value is -8.64. The number of alkyl halides is 2. The third kappa shape index (κ3) is 22.9. The van der Waals surface area contributed by atoms with Gasteiger partial charge in [-0.25, -0.2) is 13.8 Å². The fourth-order valence-electron chi connectivity index (χ4n) is 8.53. The maximum atomic E-state index is 12.6. The molecule has 11 rings (SSSR count). The van der Waals surface area contributed by atoms with Gasteiger partial charge in [0.05, 0.1) is 70.1 Å². The molecule has 5 N–H and O–H groups in total. The summed E-state index contributed by atoms with van der Waals surface area (Å²) in [5, 5.41) is 24.1. The van der Waals surface area contributed by atoms with E-state index in [4.69, 9.17) is 61.1 Å². The average molecular weight is 1340 g/mol. The van der Waals surface area contributed by atoms with Crippen LogP contribution in [0.4, 0.5) is 14.6 Å². The molecule has 0 amide bonds. The van der Waals surface area contributed by atoms with Crippen molar-refractivity contribution in [3.05, 3.63) is 174 Å². The van der Waals surface area contributed by atoms with Gasteiger partial charge in [0, 0.05) is 102 Å². The highest BCUT2D eigenvalue weighted by Gasteiger charge is 2.45. The van der Waals surface area contributed by atoms with Crippen molar-refractivity contribution < 1.29 is 8.78 Å². The van der Waals surface area contributed by atoms with Gasteiger partial charge in [0.1, 0.15) is 5.82 Å². The molecule has 0 aliphatic carbocycles. The largest absolute Gasteiger partial charge is 0.353 e. The van der Waals surface area contributed by atoms with Crippen LogP contribution < -0.4 is 32.0 Å². The first kappa shape index (κ1) is 70.8. The van der Waals surface area contributed by atoms with Crippen LogP contribution in [0.15, 0.2) is 160 Å². The van der Waals surface area contributed by atoms with Gasteiger partial charge in [-0.05, 0) is 201 Å². The van der Waals surface area contributed by atoms with Crippen molar-refractivity contribution in [2.24, 2.45) is 25.5 Å². The molecule has 92 heavy (non-hydrogen) atoms. The molecule has 5 aliphatic rings. The number of likely N-dealkylation sites (tertiary alicyclic amines) is 4. The minimum absolute atomic E-state index is 0.205. The van der Waals surface area contributed by atoms with Gasteiger partial charge >= 0.3 is 0 Å². The molecule has 0 spiro atoms. The average Bonchev–Trinajstić information content (AvgIpc) is 0.936. The third-order valence-electron chi connectivity index (χ3n) is 14.4. The van der Waals surface area contributed by atoms with E-state index in [0.717, 1.165) is 128 Å². The summed E-state index contributed by atoms with van der Waals surface area (Å²) in [5.74, 6) is -1.62. The summed E-state index contributed by atoms with van der Waals surface area (Å²) in [6.07, 6.45) is 12.4. The SMILES string of the molecule is C/C(=N\NC(=S)N1CC(F)(F)C1)c1ccccn1.C/C(=N\NC(=S)N1CCC1)c1cccc(C)n1.C/C(=N\NC(=S)N1CCC1)c1ccccn1.C/C(=N\NC(=S)N1CCC1)c1ncccc1C.C/C(=N\NC(=S)N1CCN(c2ccccn2)CC1)c1ccccn1. The van der Waals surface area contributed by atoms with Crippen LogP contribution in [0.25, 0.3) is 0 Å². The second kappa shape index (κ2) is 36.4. The summed E-state index contributed by atoms with van der Waals surface area (Å²) in [5.41, 5.74) is 24.6. The van der Waals surface area contributed by atoms with Gasteiger partial charge in [0.25, 0.3) is 5.92 Å². The second-order valence-electron chi connectivity index (χ2n) is 21.4. The number of nitrogens with one attached hydrogen (secondary N) is 5. The Morgan fingerprint density at radius 2 is 0.750 bits per heavy atom. The molecule has 6 aromatic heterocycles. The molecule has 22 nitrogen and oxygen atoms in total. The van der Waals surface area contributed by atoms with Gasteiger partial charge < -0.3 is 29.4 Å². The van der Waals surface area contributed by atoms with Crippen molar-refractivity contribution >= 4 is 121 Å². The van der Waals surface area contributed by atoms with E-state index in [0.29, 0.717) is 31.9 Å². The lowest BCUT2D eigenvalue weighted by Crippen LogP contribution is -2.60. The van der Waals surface area contributed by atoms with Gasteiger partial charge in [-0.3, -0.25) is 52.0 Å². The lowest BCUT2D eigenvalue weighted by molar-refractivity contribution is -0.101. The quantitative estimate of drug-likeness (QED) is 0.0468. The van der Waals surface area contributed by atoms with Gasteiger partial charge in [0.2, 0.25) is 0 Å². The van der Waals surface area contributed by atoms with E-state index in [-0.39, 0.29) is 18.2 Å². The number of thiocarbonyl (C=S) groups is 5. The van der Waals surface area contributed by atoms with Gasteiger partial charge in [-0.15, -0.1) is 0 Å². The first-order chi connectivity index (χ1) is 44.3. The van der Waals surface area contributed by atoms with Crippen LogP contribution in [0.5, 0.6) is 0 Å². The molecule has 0 aromatic carbocycles. The molecule has 484 valence electrons. The van der Waals surface area contributed by atoms with Gasteiger partial charge in [-0.1, -0.05) is 36.4 Å². The Labute approximate surface area is 564 Å². The van der Waals surface area contributed by atoms with E-state index in [1.54, 1.807) is 43.8 Å². The summed E-state index contributed by atoms with van der Waals surface area (Å²) < 4.78 is 25.3. The fraction of sp³-hybridized carbons (Fsp3) is 0.365. The fourth-order valence-corrected chi connectivity index (χ4v) is 9.61. The van der Waals surface area contributed by atoms with Crippen LogP contribution in [0.3, 0.4) is 0 Å². The summed E-state index contributed by atoms with van der Waals surface area (Å²) >= 11 is 26.0. The minimum atomic E-state index is -2.63. The maximum Gasteiger partial charge on any atom is 0.282 e. The molecular weight excluding hydrogens is 1260 g/mol. The van der Waals surface area contributed by atoms with E-state index >= 15 is 0 Å². The van der Waals surface area contributed by atoms with E-state index in [1.165, 1.54) is 24.2 Å². The summed E-state index contributed by atoms with van der Waals surface area (Å²) in [7, 11) is 0. The second-order valence-corrected chi connectivity index (χ2v) is 23.4. The number of hydrogen-bond acceptors (Lipinski definition) is 17. The van der Waals surface area contributed by atoms with Crippen LogP contribution in [0, 0.1) is 13.8 Å². The highest BCUT2D eigenvalue weighted by molar-refractivity contribution is 7.81. The molecule has 5 saturated heterocycles. The standard InChI is InChI=1S/C17H20N6S.2C12H16N4S.C11H12F2N4S.C11H14N4S/c1-14(15-6-2-4-8-18-15)20-21-17(24)23-12-10-22(11-13-23)16-7-3-5-9-19-16;1-9-5-3-6-13-11(9)10(2)14-15-12(17)16-7-4-8-16;1-9-5-3-6-11(13-9)10(2)14-15-12(17)16-7-4-8-16;1-8(9-4-2-3-5-14-9)15-16-10(18)17-6-11(12,13)7-17;1-9(10-5-2-3-6-12-10)13-14-11(16)15-7-4-8-15/h2-9H,10-13H2,1H3,(H,21,24);2*3,5-6H,4,7-8H2,1-2H3,(H,15,17);2-5H,6-7H2,1H3,(H,16,18);2-3,5-6H,4,7-8H2,1H3,(H,14,16)/b20-14+;2*14-10+;15-8+;13-9+. The molecule has 29 heteroatoms. The highest BCUT2D eigenvalue weighted by Crippen LogP contribution is 2.26. The number of hydrogen-bond donors (Lipinski definition) is 5. The molecule has 0 atom stereocenters. The van der Waals surface area contributed by atoms with Crippen molar-refractivity contribution in [3.8, 4) is 0 Å². The molecule has 5 aliphatic heterocycles. The molecule has 5 fully saturated rings. The zero-order valence-corrected chi connectivity index (χ0v) is 56.8. The van der Waals surface area contributed by atoms with E-state index in [1.807, 2.05) is 139 Å². The Kier molecular flexibility index (Phi) is 28.0. The Morgan fingerprint density at radius 3 is 1.10 bits per heavy atom. The Bertz CT molecular complexity index is 3540. The van der Waals surface area contributed by atoms with Crippen molar-refractivity contribution in [2.45, 2.75) is 73.7 Å². The number of nitrogens with zero attached hydrogens (tertiary/aromatic N) is 17. The summed E-state index contributed by atoms with van der Waals surface area (Å²) in [6.45, 7) is 22.4. The number of aromatic nitrogens is 6. The zero-order chi connectivity index (χ0) is 65.8. The van der Waals surface area contributed by atoms with Gasteiger partial charge in [0.15, 0.2) is 25.6 Å². The van der Waals surface area contributed by atoms with Crippen LogP contribution >= 0.6 is 61.1 Å². The lowest BCUT2D eigenvalue weighted by Gasteiger charge is -2.39. The van der Waals surface area contributed by atoms with Crippen LogP contribution in [-0.2, 0) is 0 Å². The number of piperazine rings is 1. The van der Waals surface area contributed by atoms with E-state index in [2.05, 4.69) is 107 Å². The highest BCUT2D eigenvalue weighted by atomic mass is 32.1. The van der Waals surface area contributed by atoms with Crippen LogP contribution in [0.2, 0.25) is 0 Å². The number of rotatable bonds is 11. The summed E-state index contributed by atoms with van der Waals surface area (Å²) in [6, 6.07) is 32.8. The molecular formula is C63H78F2N22S5. The Balaban J connectivity index is 0.000000164. The number of pyridine rings is 6. The maximum absolute atomic E-state index is 12.6.